The molecular formula is C18H23N3O4. The Bertz CT molecular complexity index is 773. The van der Waals surface area contributed by atoms with Crippen LogP contribution in [0.1, 0.15) is 37.0 Å². The summed E-state index contributed by atoms with van der Waals surface area (Å²) >= 11 is 0. The van der Waals surface area contributed by atoms with Crippen LogP contribution >= 0.6 is 0 Å². The summed E-state index contributed by atoms with van der Waals surface area (Å²) in [6.45, 7) is 5.73. The zero-order chi connectivity index (χ0) is 18.8. The number of aliphatic carboxylic acids is 1. The minimum Gasteiger partial charge on any atom is -0.482 e. The summed E-state index contributed by atoms with van der Waals surface area (Å²) in [6, 6.07) is 8.48. The van der Waals surface area contributed by atoms with E-state index in [9.17, 15) is 9.59 Å². The van der Waals surface area contributed by atoms with E-state index in [4.69, 9.17) is 9.84 Å². The number of carboxylic acids is 1. The highest BCUT2D eigenvalue weighted by Gasteiger charge is 2.23. The van der Waals surface area contributed by atoms with E-state index < -0.39 is 12.6 Å². The molecule has 1 aromatic heterocycles. The van der Waals surface area contributed by atoms with Gasteiger partial charge in [-0.2, -0.15) is 5.10 Å². The van der Waals surface area contributed by atoms with E-state index in [0.29, 0.717) is 17.1 Å². The van der Waals surface area contributed by atoms with Crippen molar-refractivity contribution in [2.24, 2.45) is 7.05 Å². The second kappa shape index (κ2) is 6.96. The van der Waals surface area contributed by atoms with Crippen molar-refractivity contribution in [3.05, 3.63) is 41.7 Å². The topological polar surface area (TPSA) is 84.7 Å². The Morgan fingerprint density at radius 3 is 2.32 bits per heavy atom. The SMILES string of the molecule is CN(C(=O)c1cc(C(C)(C)C)nn1C)c1ccc(OCC(=O)O)cc1. The van der Waals surface area contributed by atoms with Crippen LogP contribution in [0.25, 0.3) is 0 Å². The van der Waals surface area contributed by atoms with Gasteiger partial charge >= 0.3 is 5.97 Å². The van der Waals surface area contributed by atoms with Crippen molar-refractivity contribution < 1.29 is 19.4 Å². The quantitative estimate of drug-likeness (QED) is 0.900. The second-order valence-electron chi connectivity index (χ2n) is 6.83. The van der Waals surface area contributed by atoms with Crippen molar-refractivity contribution in [3.8, 4) is 5.75 Å². The van der Waals surface area contributed by atoms with Crippen molar-refractivity contribution in [2.75, 3.05) is 18.6 Å². The van der Waals surface area contributed by atoms with Crippen LogP contribution < -0.4 is 9.64 Å². The number of carbonyl (C=O) groups is 2. The van der Waals surface area contributed by atoms with Crippen molar-refractivity contribution >= 4 is 17.6 Å². The number of aromatic nitrogens is 2. The largest absolute Gasteiger partial charge is 0.482 e. The van der Waals surface area contributed by atoms with E-state index in [2.05, 4.69) is 5.10 Å². The van der Waals surface area contributed by atoms with Gasteiger partial charge in [0.15, 0.2) is 6.61 Å². The van der Waals surface area contributed by atoms with Crippen molar-refractivity contribution in [1.82, 2.24) is 9.78 Å². The van der Waals surface area contributed by atoms with Crippen LogP contribution in [0, 0.1) is 0 Å². The molecule has 25 heavy (non-hydrogen) atoms. The van der Waals surface area contributed by atoms with Crippen molar-refractivity contribution in [1.29, 1.82) is 0 Å². The number of benzene rings is 1. The first-order valence-corrected chi connectivity index (χ1v) is 7.87. The number of carboxylic acid groups (broad SMARTS) is 1. The predicted octanol–water partition coefficient (Wildman–Crippen LogP) is 2.46. The number of nitrogens with zero attached hydrogens (tertiary/aromatic N) is 3. The highest BCUT2D eigenvalue weighted by Crippen LogP contribution is 2.24. The maximum Gasteiger partial charge on any atom is 0.341 e. The number of carbonyl (C=O) groups excluding carboxylic acids is 1. The molecule has 1 aromatic carbocycles. The number of ether oxygens (including phenoxy) is 1. The summed E-state index contributed by atoms with van der Waals surface area (Å²) in [6.07, 6.45) is 0. The van der Waals surface area contributed by atoms with Gasteiger partial charge in [-0.15, -0.1) is 0 Å². The number of hydrogen-bond donors (Lipinski definition) is 1. The molecule has 134 valence electrons. The zero-order valence-electron chi connectivity index (χ0n) is 15.1. The van der Waals surface area contributed by atoms with E-state index >= 15 is 0 Å². The molecule has 1 amide bonds. The molecule has 7 nitrogen and oxygen atoms in total. The van der Waals surface area contributed by atoms with Crippen LogP contribution in [-0.4, -0.2) is 40.4 Å². The molecule has 0 bridgehead atoms. The van der Waals surface area contributed by atoms with E-state index in [0.717, 1.165) is 5.69 Å². The fourth-order valence-electron chi connectivity index (χ4n) is 2.23. The monoisotopic (exact) mass is 345 g/mol. The Kier molecular flexibility index (Phi) is 5.15. The van der Waals surface area contributed by atoms with Gasteiger partial charge in [0.1, 0.15) is 11.4 Å². The summed E-state index contributed by atoms with van der Waals surface area (Å²) in [5, 5.41) is 13.0. The number of amides is 1. The molecule has 7 heteroatoms. The Hall–Kier alpha value is -2.83. The normalized spacial score (nSPS) is 11.2. The third-order valence-electron chi connectivity index (χ3n) is 3.76. The summed E-state index contributed by atoms with van der Waals surface area (Å²) in [5.74, 6) is -0.783. The molecule has 0 radical (unpaired) electrons. The van der Waals surface area contributed by atoms with Crippen LogP contribution in [0.2, 0.25) is 0 Å². The molecular weight excluding hydrogens is 322 g/mol. The van der Waals surface area contributed by atoms with Crippen molar-refractivity contribution in [2.45, 2.75) is 26.2 Å². The molecule has 2 aromatic rings. The number of aryl methyl sites for hydroxylation is 1. The summed E-state index contributed by atoms with van der Waals surface area (Å²) < 4.78 is 6.68. The highest BCUT2D eigenvalue weighted by molar-refractivity contribution is 6.04. The smallest absolute Gasteiger partial charge is 0.341 e. The summed E-state index contributed by atoms with van der Waals surface area (Å²) in [5.41, 5.74) is 1.88. The average molecular weight is 345 g/mol. The average Bonchev–Trinajstić information content (AvgIpc) is 2.94. The number of hydrogen-bond acceptors (Lipinski definition) is 4. The lowest BCUT2D eigenvalue weighted by Gasteiger charge is -2.17. The van der Waals surface area contributed by atoms with Gasteiger partial charge in [-0.3, -0.25) is 9.48 Å². The third kappa shape index (κ3) is 4.37. The van der Waals surface area contributed by atoms with E-state index in [1.165, 1.54) is 4.90 Å². The molecule has 2 rings (SSSR count). The van der Waals surface area contributed by atoms with Crippen molar-refractivity contribution in [3.63, 3.8) is 0 Å². The molecule has 1 heterocycles. The third-order valence-corrected chi connectivity index (χ3v) is 3.76. The fraction of sp³-hybridized carbons (Fsp3) is 0.389. The fourth-order valence-corrected chi connectivity index (χ4v) is 2.23. The number of rotatable bonds is 5. The lowest BCUT2D eigenvalue weighted by Crippen LogP contribution is -2.28. The molecule has 0 aliphatic heterocycles. The van der Waals surface area contributed by atoms with Crippen LogP contribution in [0.3, 0.4) is 0 Å². The standard InChI is InChI=1S/C18H23N3O4/c1-18(2,3)15-10-14(21(5)19-15)17(24)20(4)12-6-8-13(9-7-12)25-11-16(22)23/h6-10H,11H2,1-5H3,(H,22,23). The molecule has 0 saturated carbocycles. The van der Waals surface area contributed by atoms with Gasteiger partial charge in [-0.1, -0.05) is 20.8 Å². The first-order valence-electron chi connectivity index (χ1n) is 7.87. The minimum absolute atomic E-state index is 0.141. The summed E-state index contributed by atoms with van der Waals surface area (Å²) in [4.78, 5) is 24.8. The first kappa shape index (κ1) is 18.5. The lowest BCUT2D eigenvalue weighted by atomic mass is 9.92. The Balaban J connectivity index is 2.17. The van der Waals surface area contributed by atoms with Gasteiger partial charge in [0, 0.05) is 25.2 Å². The van der Waals surface area contributed by atoms with Gasteiger partial charge in [0.05, 0.1) is 5.69 Å². The van der Waals surface area contributed by atoms with Gasteiger partial charge in [-0.25, -0.2) is 4.79 Å². The van der Waals surface area contributed by atoms with E-state index in [1.54, 1.807) is 43.0 Å². The summed E-state index contributed by atoms with van der Waals surface area (Å²) in [7, 11) is 3.43. The molecule has 0 fully saturated rings. The van der Waals surface area contributed by atoms with Crippen LogP contribution in [-0.2, 0) is 17.3 Å². The zero-order valence-corrected chi connectivity index (χ0v) is 15.1. The van der Waals surface area contributed by atoms with Gasteiger partial charge in [0.2, 0.25) is 0 Å². The van der Waals surface area contributed by atoms with Crippen LogP contribution in [0.15, 0.2) is 30.3 Å². The maximum atomic E-state index is 12.8. The molecule has 1 N–H and O–H groups in total. The predicted molar refractivity (Wildman–Crippen MR) is 94.2 cm³/mol. The Labute approximate surface area is 146 Å². The molecule has 0 atom stereocenters. The molecule has 0 saturated heterocycles. The molecule has 0 aliphatic carbocycles. The Morgan fingerprint density at radius 1 is 1.24 bits per heavy atom. The highest BCUT2D eigenvalue weighted by atomic mass is 16.5. The first-order chi connectivity index (χ1) is 11.6. The molecule has 0 spiro atoms. The van der Waals surface area contributed by atoms with E-state index in [1.807, 2.05) is 26.8 Å². The Morgan fingerprint density at radius 2 is 1.84 bits per heavy atom. The minimum atomic E-state index is -1.04. The maximum absolute atomic E-state index is 12.8. The lowest BCUT2D eigenvalue weighted by molar-refractivity contribution is -0.139. The molecule has 0 aliphatic rings. The van der Waals surface area contributed by atoms with E-state index in [-0.39, 0.29) is 11.3 Å². The number of anilines is 1. The van der Waals surface area contributed by atoms with Crippen LogP contribution in [0.5, 0.6) is 5.75 Å². The van der Waals surface area contributed by atoms with Gasteiger partial charge in [0.25, 0.3) is 5.91 Å². The molecule has 0 unspecified atom stereocenters. The van der Waals surface area contributed by atoms with Gasteiger partial charge in [-0.05, 0) is 30.3 Å². The van der Waals surface area contributed by atoms with Crippen LogP contribution in [0.4, 0.5) is 5.69 Å². The van der Waals surface area contributed by atoms with Gasteiger partial charge < -0.3 is 14.7 Å². The second-order valence-corrected chi connectivity index (χ2v) is 6.83.